The molecule has 0 radical (unpaired) electrons. The van der Waals surface area contributed by atoms with Gasteiger partial charge in [0.05, 0.1) is 17.8 Å². The van der Waals surface area contributed by atoms with Gasteiger partial charge in [-0.1, -0.05) is 0 Å². The second-order valence-corrected chi connectivity index (χ2v) is 4.74. The Morgan fingerprint density at radius 3 is 2.94 bits per heavy atom. The van der Waals surface area contributed by atoms with Crippen molar-refractivity contribution in [3.8, 4) is 17.0 Å². The highest BCUT2D eigenvalue weighted by molar-refractivity contribution is 7.10. The summed E-state index contributed by atoms with van der Waals surface area (Å²) in [6.45, 7) is 0. The van der Waals surface area contributed by atoms with E-state index < -0.39 is 0 Å². The summed E-state index contributed by atoms with van der Waals surface area (Å²) in [6, 6.07) is 4.82. The van der Waals surface area contributed by atoms with Gasteiger partial charge >= 0.3 is 0 Å². The quantitative estimate of drug-likeness (QED) is 0.791. The zero-order valence-corrected chi connectivity index (χ0v) is 10.8. The fourth-order valence-corrected chi connectivity index (χ4v) is 2.56. The number of hydrogen-bond acceptors (Lipinski definition) is 3. The van der Waals surface area contributed by atoms with Gasteiger partial charge in [0.25, 0.3) is 0 Å². The molecule has 0 amide bonds. The van der Waals surface area contributed by atoms with E-state index >= 15 is 0 Å². The van der Waals surface area contributed by atoms with Crippen LogP contribution in [0.15, 0.2) is 23.6 Å². The first kappa shape index (κ1) is 12.3. The molecule has 0 spiro atoms. The third kappa shape index (κ3) is 2.76. The average Bonchev–Trinajstić information content (AvgIpc) is 2.78. The molecule has 2 aromatic rings. The molecule has 1 heterocycles. The third-order valence-electron chi connectivity index (χ3n) is 2.31. The number of rotatable bonds is 4. The maximum Gasteiger partial charge on any atom is 0.165 e. The maximum absolute atomic E-state index is 13.5. The van der Waals surface area contributed by atoms with Crippen molar-refractivity contribution in [3.63, 3.8) is 0 Å². The van der Waals surface area contributed by atoms with E-state index in [-0.39, 0.29) is 11.6 Å². The minimum absolute atomic E-state index is 0.241. The molecule has 0 atom stereocenters. The van der Waals surface area contributed by atoms with E-state index in [0.29, 0.717) is 5.88 Å². The summed E-state index contributed by atoms with van der Waals surface area (Å²) in [5, 5.41) is 2.87. The predicted octanol–water partition coefficient (Wildman–Crippen LogP) is 3.74. The second kappa shape index (κ2) is 5.47. The van der Waals surface area contributed by atoms with Crippen LogP contribution in [0.25, 0.3) is 11.3 Å². The Kier molecular flexibility index (Phi) is 3.97. The molecule has 5 heteroatoms. The normalized spacial score (nSPS) is 10.5. The zero-order valence-electron chi connectivity index (χ0n) is 9.24. The van der Waals surface area contributed by atoms with Crippen molar-refractivity contribution in [2.24, 2.45) is 0 Å². The fourth-order valence-electron chi connectivity index (χ4n) is 1.46. The summed E-state index contributed by atoms with van der Waals surface area (Å²) in [5.74, 6) is 0.408. The molecule has 0 aliphatic heterocycles. The largest absolute Gasteiger partial charge is 0.494 e. The molecule has 1 aromatic carbocycles. The summed E-state index contributed by atoms with van der Waals surface area (Å²) in [6.07, 6.45) is 0.741. The first-order valence-corrected chi connectivity index (χ1v) is 6.50. The van der Waals surface area contributed by atoms with Gasteiger partial charge in [0, 0.05) is 23.2 Å². The summed E-state index contributed by atoms with van der Waals surface area (Å²) in [7, 11) is 1.44. The van der Waals surface area contributed by atoms with Crippen molar-refractivity contribution in [2.75, 3.05) is 13.0 Å². The molecule has 0 N–H and O–H groups in total. The summed E-state index contributed by atoms with van der Waals surface area (Å²) in [4.78, 5) is 4.39. The molecule has 17 heavy (non-hydrogen) atoms. The highest BCUT2D eigenvalue weighted by atomic mass is 35.5. The monoisotopic (exact) mass is 271 g/mol. The van der Waals surface area contributed by atoms with Crippen molar-refractivity contribution >= 4 is 22.9 Å². The van der Waals surface area contributed by atoms with E-state index in [0.717, 1.165) is 22.7 Å². The Morgan fingerprint density at radius 1 is 1.47 bits per heavy atom. The molecule has 0 aliphatic rings. The number of aromatic nitrogens is 1. The van der Waals surface area contributed by atoms with E-state index in [1.807, 2.05) is 5.38 Å². The van der Waals surface area contributed by atoms with Crippen molar-refractivity contribution in [2.45, 2.75) is 6.42 Å². The van der Waals surface area contributed by atoms with Crippen LogP contribution in [0.4, 0.5) is 4.39 Å². The summed E-state index contributed by atoms with van der Waals surface area (Å²) in [5.41, 5.74) is 1.53. The highest BCUT2D eigenvalue weighted by Gasteiger charge is 2.08. The van der Waals surface area contributed by atoms with Gasteiger partial charge in [-0.3, -0.25) is 0 Å². The van der Waals surface area contributed by atoms with Crippen molar-refractivity contribution in [1.82, 2.24) is 4.98 Å². The van der Waals surface area contributed by atoms with Crippen LogP contribution in [0.3, 0.4) is 0 Å². The SMILES string of the molecule is COc1ccc(-c2csc(CCCl)n2)cc1F. The van der Waals surface area contributed by atoms with Gasteiger partial charge < -0.3 is 4.74 Å². The molecule has 0 aliphatic carbocycles. The average molecular weight is 272 g/mol. The number of thiazole rings is 1. The maximum atomic E-state index is 13.5. The summed E-state index contributed by atoms with van der Waals surface area (Å²) < 4.78 is 18.4. The minimum Gasteiger partial charge on any atom is -0.494 e. The Labute approximate surface area is 108 Å². The van der Waals surface area contributed by atoms with Crippen molar-refractivity contribution in [3.05, 3.63) is 34.4 Å². The summed E-state index contributed by atoms with van der Waals surface area (Å²) >= 11 is 7.18. The van der Waals surface area contributed by atoms with Crippen LogP contribution in [0.5, 0.6) is 5.75 Å². The molecular formula is C12H11ClFNOS. The lowest BCUT2D eigenvalue weighted by atomic mass is 10.1. The number of nitrogens with zero attached hydrogens (tertiary/aromatic N) is 1. The van der Waals surface area contributed by atoms with E-state index in [4.69, 9.17) is 16.3 Å². The van der Waals surface area contributed by atoms with Gasteiger partial charge in [-0.15, -0.1) is 22.9 Å². The van der Waals surface area contributed by atoms with Gasteiger partial charge in [-0.25, -0.2) is 9.37 Å². The van der Waals surface area contributed by atoms with E-state index in [1.165, 1.54) is 24.5 Å². The first-order chi connectivity index (χ1) is 8.24. The molecule has 0 saturated carbocycles. The number of aryl methyl sites for hydroxylation is 1. The number of methoxy groups -OCH3 is 1. The van der Waals surface area contributed by atoms with Crippen molar-refractivity contribution < 1.29 is 9.13 Å². The fraction of sp³-hybridized carbons (Fsp3) is 0.250. The topological polar surface area (TPSA) is 22.1 Å². The predicted molar refractivity (Wildman–Crippen MR) is 68.5 cm³/mol. The van der Waals surface area contributed by atoms with Crippen LogP contribution >= 0.6 is 22.9 Å². The Balaban J connectivity index is 2.29. The zero-order chi connectivity index (χ0) is 12.3. The van der Waals surface area contributed by atoms with Gasteiger partial charge in [0.2, 0.25) is 0 Å². The Hall–Kier alpha value is -1.13. The molecule has 90 valence electrons. The molecule has 2 nitrogen and oxygen atoms in total. The van der Waals surface area contributed by atoms with E-state index in [9.17, 15) is 4.39 Å². The van der Waals surface area contributed by atoms with Gasteiger partial charge in [0.1, 0.15) is 0 Å². The molecular weight excluding hydrogens is 261 g/mol. The van der Waals surface area contributed by atoms with Crippen LogP contribution in [-0.2, 0) is 6.42 Å². The van der Waals surface area contributed by atoms with Crippen LogP contribution in [-0.4, -0.2) is 18.0 Å². The van der Waals surface area contributed by atoms with Crippen LogP contribution in [0.2, 0.25) is 0 Å². The van der Waals surface area contributed by atoms with E-state index in [1.54, 1.807) is 12.1 Å². The van der Waals surface area contributed by atoms with Crippen LogP contribution in [0, 0.1) is 5.82 Å². The smallest absolute Gasteiger partial charge is 0.165 e. The lowest BCUT2D eigenvalue weighted by Crippen LogP contribution is -1.89. The number of alkyl halides is 1. The number of ether oxygens (including phenoxy) is 1. The van der Waals surface area contributed by atoms with Crippen molar-refractivity contribution in [1.29, 1.82) is 0 Å². The molecule has 1 aromatic heterocycles. The molecule has 2 rings (SSSR count). The third-order valence-corrected chi connectivity index (χ3v) is 3.41. The van der Waals surface area contributed by atoms with Gasteiger partial charge in [-0.05, 0) is 18.2 Å². The lowest BCUT2D eigenvalue weighted by molar-refractivity contribution is 0.386. The first-order valence-electron chi connectivity index (χ1n) is 5.09. The number of benzene rings is 1. The molecule has 0 bridgehead atoms. The van der Waals surface area contributed by atoms with Crippen LogP contribution in [0.1, 0.15) is 5.01 Å². The van der Waals surface area contributed by atoms with Gasteiger partial charge in [-0.2, -0.15) is 0 Å². The van der Waals surface area contributed by atoms with Gasteiger partial charge in [0.15, 0.2) is 11.6 Å². The lowest BCUT2D eigenvalue weighted by Gasteiger charge is -2.02. The Morgan fingerprint density at radius 2 is 2.29 bits per heavy atom. The minimum atomic E-state index is -0.378. The van der Waals surface area contributed by atoms with E-state index in [2.05, 4.69) is 4.98 Å². The highest BCUT2D eigenvalue weighted by Crippen LogP contribution is 2.26. The standard InChI is InChI=1S/C12H11ClFNOS/c1-16-11-3-2-8(6-9(11)14)10-7-17-12(15-10)4-5-13/h2-3,6-7H,4-5H2,1H3. The Bertz CT molecular complexity index is 515. The number of hydrogen-bond donors (Lipinski definition) is 0. The molecule has 0 saturated heterocycles. The second-order valence-electron chi connectivity index (χ2n) is 3.41. The molecule has 0 unspecified atom stereocenters. The number of halogens is 2. The van der Waals surface area contributed by atoms with Crippen LogP contribution < -0.4 is 4.74 Å². The molecule has 0 fully saturated rings.